The van der Waals surface area contributed by atoms with Gasteiger partial charge in [0.25, 0.3) is 0 Å². The Morgan fingerprint density at radius 1 is 1.33 bits per heavy atom. The van der Waals surface area contributed by atoms with Gasteiger partial charge in [0.05, 0.1) is 11.6 Å². The van der Waals surface area contributed by atoms with Crippen molar-refractivity contribution in [2.45, 2.75) is 51.2 Å². The zero-order chi connectivity index (χ0) is 15.1. The summed E-state index contributed by atoms with van der Waals surface area (Å²) in [5.74, 6) is 6.20. The maximum absolute atomic E-state index is 5.99. The minimum Gasteiger partial charge on any atom is -0.375 e. The molecule has 1 aromatic rings. The van der Waals surface area contributed by atoms with E-state index in [0.29, 0.717) is 5.96 Å². The Kier molecular flexibility index (Phi) is 5.59. The van der Waals surface area contributed by atoms with Crippen molar-refractivity contribution < 1.29 is 4.74 Å². The minimum atomic E-state index is -0.0289. The Balaban J connectivity index is 2.05. The standard InChI is InChI=1S/C16H26N4O/c1-3-16(4-2)12-14(10-11-21-16)19-15(20-17)18-13-8-6-5-7-9-13/h5-9,14H,3-4,10-12,17H2,1-2H3,(H2,18,19,20). The van der Waals surface area contributed by atoms with Crippen LogP contribution in [-0.4, -0.2) is 24.2 Å². The summed E-state index contributed by atoms with van der Waals surface area (Å²) in [4.78, 5) is 4.73. The number of benzene rings is 1. The summed E-state index contributed by atoms with van der Waals surface area (Å²) in [6.07, 6.45) is 3.92. The summed E-state index contributed by atoms with van der Waals surface area (Å²) in [7, 11) is 0. The van der Waals surface area contributed by atoms with E-state index in [1.807, 2.05) is 30.3 Å². The van der Waals surface area contributed by atoms with Gasteiger partial charge in [0.2, 0.25) is 5.96 Å². The second kappa shape index (κ2) is 7.43. The van der Waals surface area contributed by atoms with Crippen molar-refractivity contribution in [3.8, 4) is 0 Å². The number of hydrogen-bond acceptors (Lipinski definition) is 3. The van der Waals surface area contributed by atoms with Crippen LogP contribution < -0.4 is 16.6 Å². The molecule has 0 aromatic heterocycles. The Hall–Kier alpha value is -1.59. The van der Waals surface area contributed by atoms with E-state index in [-0.39, 0.29) is 11.6 Å². The van der Waals surface area contributed by atoms with Crippen molar-refractivity contribution in [2.75, 3.05) is 11.9 Å². The molecule has 5 nitrogen and oxygen atoms in total. The van der Waals surface area contributed by atoms with Gasteiger partial charge < -0.3 is 10.1 Å². The lowest BCUT2D eigenvalue weighted by molar-refractivity contribution is -0.0884. The molecule has 21 heavy (non-hydrogen) atoms. The molecule has 1 aliphatic heterocycles. The van der Waals surface area contributed by atoms with Crippen LogP contribution in [0.1, 0.15) is 39.5 Å². The third kappa shape index (κ3) is 4.19. The summed E-state index contributed by atoms with van der Waals surface area (Å²) < 4.78 is 5.99. The van der Waals surface area contributed by atoms with Gasteiger partial charge in [-0.05, 0) is 37.8 Å². The third-order valence-electron chi connectivity index (χ3n) is 4.24. The lowest BCUT2D eigenvalue weighted by atomic mass is 9.86. The number of para-hydroxylation sites is 1. The lowest BCUT2D eigenvalue weighted by Gasteiger charge is -2.38. The van der Waals surface area contributed by atoms with Gasteiger partial charge in [0.1, 0.15) is 0 Å². The van der Waals surface area contributed by atoms with Gasteiger partial charge in [-0.2, -0.15) is 0 Å². The quantitative estimate of drug-likeness (QED) is 0.345. The first-order valence-corrected chi connectivity index (χ1v) is 7.72. The molecule has 0 spiro atoms. The number of nitrogens with one attached hydrogen (secondary N) is 2. The number of guanidine groups is 1. The van der Waals surface area contributed by atoms with Crippen molar-refractivity contribution in [1.29, 1.82) is 0 Å². The largest absolute Gasteiger partial charge is 0.375 e. The molecule has 1 fully saturated rings. The van der Waals surface area contributed by atoms with E-state index in [9.17, 15) is 0 Å². The van der Waals surface area contributed by atoms with Crippen LogP contribution in [0.4, 0.5) is 5.69 Å². The highest BCUT2D eigenvalue weighted by molar-refractivity contribution is 5.93. The van der Waals surface area contributed by atoms with Crippen LogP contribution in [0.2, 0.25) is 0 Å². The minimum absolute atomic E-state index is 0.0289. The predicted octanol–water partition coefficient (Wildman–Crippen LogP) is 2.66. The van der Waals surface area contributed by atoms with Crippen molar-refractivity contribution in [1.82, 2.24) is 5.43 Å². The van der Waals surface area contributed by atoms with E-state index in [2.05, 4.69) is 24.6 Å². The van der Waals surface area contributed by atoms with Crippen LogP contribution in [0.25, 0.3) is 0 Å². The highest BCUT2D eigenvalue weighted by Gasteiger charge is 2.34. The van der Waals surface area contributed by atoms with Crippen LogP contribution in [0.15, 0.2) is 35.3 Å². The molecule has 0 aliphatic carbocycles. The van der Waals surface area contributed by atoms with Crippen LogP contribution in [0, 0.1) is 0 Å². The van der Waals surface area contributed by atoms with Crippen molar-refractivity contribution in [3.05, 3.63) is 30.3 Å². The molecule has 5 heteroatoms. The molecule has 0 amide bonds. The van der Waals surface area contributed by atoms with Gasteiger partial charge in [-0.3, -0.25) is 5.43 Å². The van der Waals surface area contributed by atoms with E-state index in [0.717, 1.165) is 38.0 Å². The van der Waals surface area contributed by atoms with Crippen LogP contribution in [-0.2, 0) is 4.74 Å². The molecule has 2 rings (SSSR count). The number of ether oxygens (including phenoxy) is 1. The van der Waals surface area contributed by atoms with E-state index in [4.69, 9.17) is 15.6 Å². The Morgan fingerprint density at radius 2 is 2.05 bits per heavy atom. The van der Waals surface area contributed by atoms with Gasteiger partial charge in [-0.25, -0.2) is 10.8 Å². The summed E-state index contributed by atoms with van der Waals surface area (Å²) in [5.41, 5.74) is 3.60. The number of anilines is 1. The van der Waals surface area contributed by atoms with Gasteiger partial charge in [0, 0.05) is 12.3 Å². The second-order valence-electron chi connectivity index (χ2n) is 5.50. The molecule has 116 valence electrons. The van der Waals surface area contributed by atoms with E-state index < -0.39 is 0 Å². The molecule has 0 radical (unpaired) electrons. The number of hydrogen-bond donors (Lipinski definition) is 3. The number of aliphatic imine (C=N–C) groups is 1. The van der Waals surface area contributed by atoms with Gasteiger partial charge >= 0.3 is 0 Å². The first-order valence-electron chi connectivity index (χ1n) is 7.72. The molecule has 1 heterocycles. The first-order chi connectivity index (χ1) is 10.2. The first kappa shape index (κ1) is 15.8. The molecular weight excluding hydrogens is 264 g/mol. The average molecular weight is 290 g/mol. The van der Waals surface area contributed by atoms with Crippen LogP contribution in [0.3, 0.4) is 0 Å². The number of rotatable bonds is 4. The molecule has 0 saturated carbocycles. The monoisotopic (exact) mass is 290 g/mol. The van der Waals surface area contributed by atoms with Crippen molar-refractivity contribution in [3.63, 3.8) is 0 Å². The zero-order valence-electron chi connectivity index (χ0n) is 12.9. The summed E-state index contributed by atoms with van der Waals surface area (Å²) in [6, 6.07) is 10.1. The van der Waals surface area contributed by atoms with Crippen molar-refractivity contribution in [2.24, 2.45) is 10.8 Å². The highest BCUT2D eigenvalue weighted by Crippen LogP contribution is 2.32. The number of hydrazine groups is 1. The summed E-state index contributed by atoms with van der Waals surface area (Å²) in [5, 5.41) is 3.21. The maximum atomic E-state index is 5.99. The SMILES string of the molecule is CCC1(CC)CC(N=C(NN)Nc2ccccc2)CCO1. The number of nitrogens with two attached hydrogens (primary N) is 1. The molecule has 1 aromatic carbocycles. The Bertz CT molecular complexity index is 457. The fraction of sp³-hybridized carbons (Fsp3) is 0.562. The van der Waals surface area contributed by atoms with Gasteiger partial charge in [0.15, 0.2) is 0 Å². The zero-order valence-corrected chi connectivity index (χ0v) is 12.9. The predicted molar refractivity (Wildman–Crippen MR) is 87.1 cm³/mol. The topological polar surface area (TPSA) is 71.7 Å². The Morgan fingerprint density at radius 3 is 2.67 bits per heavy atom. The average Bonchev–Trinajstić information content (AvgIpc) is 2.55. The highest BCUT2D eigenvalue weighted by atomic mass is 16.5. The summed E-state index contributed by atoms with van der Waals surface area (Å²) in [6.45, 7) is 5.12. The van der Waals surface area contributed by atoms with Crippen molar-refractivity contribution >= 4 is 11.6 Å². The molecule has 4 N–H and O–H groups in total. The summed E-state index contributed by atoms with van der Waals surface area (Å²) >= 11 is 0. The van der Waals surface area contributed by atoms with E-state index >= 15 is 0 Å². The van der Waals surface area contributed by atoms with Gasteiger partial charge in [-0.15, -0.1) is 0 Å². The van der Waals surface area contributed by atoms with Crippen LogP contribution in [0.5, 0.6) is 0 Å². The smallest absolute Gasteiger partial charge is 0.210 e. The molecule has 1 saturated heterocycles. The molecule has 1 atom stereocenters. The third-order valence-corrected chi connectivity index (χ3v) is 4.24. The maximum Gasteiger partial charge on any atom is 0.210 e. The normalized spacial score (nSPS) is 21.9. The van der Waals surface area contributed by atoms with E-state index in [1.165, 1.54) is 0 Å². The molecule has 0 bridgehead atoms. The fourth-order valence-electron chi connectivity index (χ4n) is 2.80. The van der Waals surface area contributed by atoms with E-state index in [1.54, 1.807) is 0 Å². The molecule has 1 unspecified atom stereocenters. The van der Waals surface area contributed by atoms with Gasteiger partial charge in [-0.1, -0.05) is 32.0 Å². The molecule has 1 aliphatic rings. The fourth-order valence-corrected chi connectivity index (χ4v) is 2.80. The molecular formula is C16H26N4O. The van der Waals surface area contributed by atoms with Crippen LogP contribution >= 0.6 is 0 Å². The number of nitrogens with zero attached hydrogens (tertiary/aromatic N) is 1. The Labute approximate surface area is 126 Å². The lowest BCUT2D eigenvalue weighted by Crippen LogP contribution is -2.43. The second-order valence-corrected chi connectivity index (χ2v) is 5.50.